The molecule has 0 spiro atoms. The van der Waals surface area contributed by atoms with Gasteiger partial charge in [-0.05, 0) is 18.2 Å². The van der Waals surface area contributed by atoms with Crippen LogP contribution in [0.15, 0.2) is 24.3 Å². The number of nitrogens with zero attached hydrogens (tertiary/aromatic N) is 1. The Labute approximate surface area is 77.3 Å². The Morgan fingerprint density at radius 1 is 1.40 bits per heavy atom. The van der Waals surface area contributed by atoms with Crippen molar-refractivity contribution in [3.05, 3.63) is 40.4 Å². The second-order valence-electron chi connectivity index (χ2n) is 1.52. The third kappa shape index (κ3) is 2.40. The van der Waals surface area contributed by atoms with Crippen LogP contribution in [0, 0.1) is 16.2 Å². The van der Waals surface area contributed by atoms with Gasteiger partial charge in [0.1, 0.15) is 0 Å². The fourth-order valence-electron chi connectivity index (χ4n) is 0.500. The van der Waals surface area contributed by atoms with E-state index in [0.717, 1.165) is 0 Å². The van der Waals surface area contributed by atoms with Crippen LogP contribution in [-0.4, -0.2) is 31.1 Å². The van der Waals surface area contributed by atoms with Gasteiger partial charge in [0.2, 0.25) is 0 Å². The second-order valence-corrected chi connectivity index (χ2v) is 1.52. The molecule has 4 heteroatoms. The predicted octanol–water partition coefficient (Wildman–Crippen LogP) is 0.211. The van der Waals surface area contributed by atoms with E-state index in [-0.39, 0.29) is 31.9 Å². The Hall–Kier alpha value is -0.497. The van der Waals surface area contributed by atoms with Crippen LogP contribution in [0.1, 0.15) is 0 Å². The van der Waals surface area contributed by atoms with E-state index in [9.17, 15) is 10.1 Å². The van der Waals surface area contributed by atoms with Gasteiger partial charge in [-0.25, -0.2) is 0 Å². The summed E-state index contributed by atoms with van der Waals surface area (Å²) in [4.78, 5) is 9.56. The summed E-state index contributed by atoms with van der Waals surface area (Å²) in [6.07, 6.45) is 0. The van der Waals surface area contributed by atoms with E-state index in [1.807, 2.05) is 0 Å². The molecule has 3 nitrogen and oxygen atoms in total. The van der Waals surface area contributed by atoms with Gasteiger partial charge in [-0.3, -0.25) is 10.1 Å². The van der Waals surface area contributed by atoms with Crippen molar-refractivity contribution in [2.45, 2.75) is 0 Å². The van der Waals surface area contributed by atoms with Crippen LogP contribution in [0.2, 0.25) is 0 Å². The van der Waals surface area contributed by atoms with Crippen molar-refractivity contribution in [2.24, 2.45) is 0 Å². The van der Waals surface area contributed by atoms with Crippen molar-refractivity contribution in [3.8, 4) is 0 Å². The van der Waals surface area contributed by atoms with Crippen LogP contribution in [-0.2, 0) is 0 Å². The summed E-state index contributed by atoms with van der Waals surface area (Å²) < 4.78 is 0. The summed E-state index contributed by atoms with van der Waals surface area (Å²) >= 11 is 0. The van der Waals surface area contributed by atoms with Crippen LogP contribution in [0.4, 0.5) is 5.69 Å². The quantitative estimate of drug-likeness (QED) is 0.419. The standard InChI is InChI=1S/C6H4NO2.Bi.3H/c8-7(9)6-4-2-1-3-5-6;;;;/h2-5H;;;;. The predicted molar refractivity (Wildman–Crippen MR) is 41.9 cm³/mol. The molecule has 0 atom stereocenters. The topological polar surface area (TPSA) is 43.1 Å². The number of benzene rings is 1. The maximum absolute atomic E-state index is 9.99. The first-order chi connectivity index (χ1) is 4.30. The molecule has 0 saturated carbocycles. The summed E-state index contributed by atoms with van der Waals surface area (Å²) in [6.45, 7) is 0. The minimum atomic E-state index is -0.437. The second kappa shape index (κ2) is 4.34. The van der Waals surface area contributed by atoms with Crippen molar-refractivity contribution >= 4 is 31.9 Å². The molecule has 0 bridgehead atoms. The summed E-state index contributed by atoms with van der Waals surface area (Å²) in [5.41, 5.74) is 0.105. The van der Waals surface area contributed by atoms with Crippen molar-refractivity contribution < 1.29 is 4.92 Å². The average Bonchev–Trinajstić information content (AvgIpc) is 1.90. The molecule has 0 aromatic heterocycles. The maximum atomic E-state index is 9.99. The molecule has 1 radical (unpaired) electrons. The molecular weight excluding hydrogens is 327 g/mol. The zero-order valence-corrected chi connectivity index (χ0v) is 10.8. The first-order valence-electron chi connectivity index (χ1n) is 2.41. The minimum absolute atomic E-state index is 0. The molecular formula is C6H7BiNO2. The van der Waals surface area contributed by atoms with Crippen LogP contribution in [0.5, 0.6) is 0 Å². The third-order valence-electron chi connectivity index (χ3n) is 0.911. The van der Waals surface area contributed by atoms with E-state index < -0.39 is 4.92 Å². The number of nitro groups is 1. The summed E-state index contributed by atoms with van der Waals surface area (Å²) in [6, 6.07) is 8.51. The van der Waals surface area contributed by atoms with Gasteiger partial charge in [0.05, 0.1) is 4.92 Å². The van der Waals surface area contributed by atoms with Gasteiger partial charge >= 0.3 is 26.2 Å². The van der Waals surface area contributed by atoms with Gasteiger partial charge in [-0.15, -0.1) is 0 Å². The monoisotopic (exact) mass is 334 g/mol. The first-order valence-corrected chi connectivity index (χ1v) is 2.41. The molecule has 0 aliphatic rings. The van der Waals surface area contributed by atoms with E-state index in [2.05, 4.69) is 6.07 Å². The van der Waals surface area contributed by atoms with Crippen molar-refractivity contribution in [1.82, 2.24) is 0 Å². The molecule has 0 amide bonds. The van der Waals surface area contributed by atoms with E-state index in [4.69, 9.17) is 0 Å². The molecule has 0 N–H and O–H groups in total. The first kappa shape index (κ1) is 9.50. The molecule has 0 unspecified atom stereocenters. The van der Waals surface area contributed by atoms with E-state index >= 15 is 0 Å². The summed E-state index contributed by atoms with van der Waals surface area (Å²) in [5, 5.41) is 9.99. The Balaban J connectivity index is 0.000000810. The Morgan fingerprint density at radius 3 is 2.20 bits per heavy atom. The normalized spacial score (nSPS) is 8.00. The van der Waals surface area contributed by atoms with Gasteiger partial charge in [-0.2, -0.15) is 0 Å². The van der Waals surface area contributed by atoms with E-state index in [1.165, 1.54) is 24.3 Å². The molecule has 1 aromatic rings. The zero-order chi connectivity index (χ0) is 6.69. The Kier molecular flexibility index (Phi) is 4.12. The number of hydrogen-bond donors (Lipinski definition) is 0. The van der Waals surface area contributed by atoms with Crippen molar-refractivity contribution in [2.75, 3.05) is 0 Å². The fourth-order valence-corrected chi connectivity index (χ4v) is 0.500. The van der Waals surface area contributed by atoms with Gasteiger partial charge in [0, 0.05) is 12.1 Å². The molecule has 53 valence electrons. The molecule has 1 aromatic carbocycles. The van der Waals surface area contributed by atoms with Crippen LogP contribution in [0.25, 0.3) is 0 Å². The van der Waals surface area contributed by atoms with E-state index in [0.29, 0.717) is 0 Å². The number of non-ortho nitro benzene ring substituents is 1. The van der Waals surface area contributed by atoms with Gasteiger partial charge < -0.3 is 0 Å². The zero-order valence-electron chi connectivity index (χ0n) is 5.28. The van der Waals surface area contributed by atoms with Crippen LogP contribution >= 0.6 is 0 Å². The Bertz CT molecular complexity index is 212. The van der Waals surface area contributed by atoms with Crippen LogP contribution in [0.3, 0.4) is 0 Å². The fraction of sp³-hybridized carbons (Fsp3) is 0. The van der Waals surface area contributed by atoms with Crippen LogP contribution < -0.4 is 0 Å². The van der Waals surface area contributed by atoms with E-state index in [1.54, 1.807) is 0 Å². The molecule has 0 heterocycles. The third-order valence-corrected chi connectivity index (χ3v) is 0.911. The van der Waals surface area contributed by atoms with Crippen molar-refractivity contribution in [1.29, 1.82) is 0 Å². The molecule has 10 heavy (non-hydrogen) atoms. The van der Waals surface area contributed by atoms with Gasteiger partial charge in [0.25, 0.3) is 5.69 Å². The van der Waals surface area contributed by atoms with Gasteiger partial charge in [0.15, 0.2) is 0 Å². The summed E-state index contributed by atoms with van der Waals surface area (Å²) in [5.74, 6) is 0. The molecule has 0 aliphatic carbocycles. The Morgan fingerprint density at radius 2 is 1.90 bits per heavy atom. The molecule has 0 saturated heterocycles. The van der Waals surface area contributed by atoms with Gasteiger partial charge in [-0.1, -0.05) is 0 Å². The summed E-state index contributed by atoms with van der Waals surface area (Å²) in [7, 11) is 0. The number of nitro benzene ring substituents is 1. The average molecular weight is 334 g/mol. The number of hydrogen-bond acceptors (Lipinski definition) is 2. The number of rotatable bonds is 1. The SMILES string of the molecule is O=[N+]([O-])c1cc[c]cc1.[BiH3]. The molecule has 0 fully saturated rings. The molecule has 1 rings (SSSR count). The van der Waals surface area contributed by atoms with Crippen molar-refractivity contribution in [3.63, 3.8) is 0 Å². The molecule has 0 aliphatic heterocycles.